The molecule has 7 heteroatoms. The zero-order chi connectivity index (χ0) is 24.3. The van der Waals surface area contributed by atoms with Crippen LogP contribution in [0.25, 0.3) is 11.1 Å². The Morgan fingerprint density at radius 3 is 2.18 bits per heavy atom. The SMILES string of the molecule is Cc1nc(NC(=O)c2ccccc2)c(C)c(-c2ccc(Cl)cc2)c1C(OC(C)(C)C)C(=O)O. The number of carboxylic acid groups (broad SMARTS) is 1. The summed E-state index contributed by atoms with van der Waals surface area (Å²) in [5.74, 6) is -1.07. The van der Waals surface area contributed by atoms with Crippen LogP contribution in [0.15, 0.2) is 54.6 Å². The van der Waals surface area contributed by atoms with Crippen molar-refractivity contribution in [3.8, 4) is 11.1 Å². The lowest BCUT2D eigenvalue weighted by Crippen LogP contribution is -2.29. The fourth-order valence-electron chi connectivity index (χ4n) is 3.60. The van der Waals surface area contributed by atoms with Gasteiger partial charge in [-0.25, -0.2) is 9.78 Å². The molecular formula is C26H27ClN2O4. The molecule has 1 unspecified atom stereocenters. The second-order valence-corrected chi connectivity index (χ2v) is 9.17. The molecule has 0 aliphatic heterocycles. The predicted molar refractivity (Wildman–Crippen MR) is 130 cm³/mol. The van der Waals surface area contributed by atoms with E-state index in [1.165, 1.54) is 0 Å². The summed E-state index contributed by atoms with van der Waals surface area (Å²) < 4.78 is 5.94. The molecule has 1 amide bonds. The maximum atomic E-state index is 12.8. The predicted octanol–water partition coefficient (Wildman–Crippen LogP) is 6.21. The topological polar surface area (TPSA) is 88.5 Å². The smallest absolute Gasteiger partial charge is 0.337 e. The van der Waals surface area contributed by atoms with E-state index in [1.807, 2.05) is 18.2 Å². The van der Waals surface area contributed by atoms with Crippen molar-refractivity contribution in [3.63, 3.8) is 0 Å². The Morgan fingerprint density at radius 2 is 1.64 bits per heavy atom. The first-order valence-electron chi connectivity index (χ1n) is 10.5. The molecule has 6 nitrogen and oxygen atoms in total. The number of nitrogens with zero attached hydrogens (tertiary/aromatic N) is 1. The minimum Gasteiger partial charge on any atom is -0.479 e. The first-order valence-corrected chi connectivity index (χ1v) is 10.9. The molecule has 0 saturated carbocycles. The second-order valence-electron chi connectivity index (χ2n) is 8.74. The van der Waals surface area contributed by atoms with E-state index in [1.54, 1.807) is 71.0 Å². The van der Waals surface area contributed by atoms with Crippen LogP contribution in [0.2, 0.25) is 5.02 Å². The maximum Gasteiger partial charge on any atom is 0.337 e. The Labute approximate surface area is 198 Å². The lowest BCUT2D eigenvalue weighted by Gasteiger charge is -2.28. The van der Waals surface area contributed by atoms with Gasteiger partial charge in [-0.15, -0.1) is 0 Å². The Bertz CT molecular complexity index is 1170. The molecule has 0 saturated heterocycles. The van der Waals surface area contributed by atoms with Gasteiger partial charge in [-0.3, -0.25) is 4.79 Å². The van der Waals surface area contributed by atoms with Gasteiger partial charge < -0.3 is 15.2 Å². The number of aromatic nitrogens is 1. The monoisotopic (exact) mass is 466 g/mol. The van der Waals surface area contributed by atoms with Gasteiger partial charge in [-0.2, -0.15) is 0 Å². The third-order valence-electron chi connectivity index (χ3n) is 5.03. The highest BCUT2D eigenvalue weighted by molar-refractivity contribution is 6.30. The van der Waals surface area contributed by atoms with Gasteiger partial charge in [0.15, 0.2) is 6.10 Å². The zero-order valence-corrected chi connectivity index (χ0v) is 20.0. The van der Waals surface area contributed by atoms with Crippen LogP contribution in [0, 0.1) is 13.8 Å². The number of ether oxygens (including phenoxy) is 1. The molecule has 0 aliphatic carbocycles. The van der Waals surface area contributed by atoms with Crippen molar-refractivity contribution in [2.24, 2.45) is 0 Å². The minimum absolute atomic E-state index is 0.305. The summed E-state index contributed by atoms with van der Waals surface area (Å²) in [6.07, 6.45) is -1.25. The molecule has 0 radical (unpaired) electrons. The fourth-order valence-corrected chi connectivity index (χ4v) is 3.73. The number of aryl methyl sites for hydroxylation is 1. The van der Waals surface area contributed by atoms with E-state index < -0.39 is 17.7 Å². The molecule has 0 fully saturated rings. The average Bonchev–Trinajstić information content (AvgIpc) is 2.75. The van der Waals surface area contributed by atoms with Crippen LogP contribution in [0.3, 0.4) is 0 Å². The number of amides is 1. The highest BCUT2D eigenvalue weighted by atomic mass is 35.5. The van der Waals surface area contributed by atoms with Crippen LogP contribution in [0.1, 0.15) is 54.1 Å². The van der Waals surface area contributed by atoms with Crippen molar-refractivity contribution < 1.29 is 19.4 Å². The molecular weight excluding hydrogens is 440 g/mol. The highest BCUT2D eigenvalue weighted by Crippen LogP contribution is 2.39. The van der Waals surface area contributed by atoms with Crippen LogP contribution in [-0.2, 0) is 9.53 Å². The van der Waals surface area contributed by atoms with Gasteiger partial charge in [-0.1, -0.05) is 41.9 Å². The number of anilines is 1. The molecule has 3 rings (SSSR count). The van der Waals surface area contributed by atoms with E-state index in [-0.39, 0.29) is 5.91 Å². The fraction of sp³-hybridized carbons (Fsp3) is 0.269. The van der Waals surface area contributed by atoms with Crippen LogP contribution >= 0.6 is 11.6 Å². The van der Waals surface area contributed by atoms with Gasteiger partial charge in [0.2, 0.25) is 0 Å². The average molecular weight is 467 g/mol. The van der Waals surface area contributed by atoms with Crippen LogP contribution in [0.4, 0.5) is 5.82 Å². The number of nitrogens with one attached hydrogen (secondary N) is 1. The van der Waals surface area contributed by atoms with Gasteiger partial charge in [0.05, 0.1) is 5.60 Å². The molecule has 1 aromatic heterocycles. The molecule has 2 N–H and O–H groups in total. The highest BCUT2D eigenvalue weighted by Gasteiger charge is 2.33. The van der Waals surface area contributed by atoms with Crippen LogP contribution < -0.4 is 5.32 Å². The zero-order valence-electron chi connectivity index (χ0n) is 19.3. The number of benzene rings is 2. The van der Waals surface area contributed by atoms with Crippen molar-refractivity contribution in [2.45, 2.75) is 46.3 Å². The van der Waals surface area contributed by atoms with Crippen LogP contribution in [-0.4, -0.2) is 27.6 Å². The number of hydrogen-bond acceptors (Lipinski definition) is 4. The van der Waals surface area contributed by atoms with Crippen molar-refractivity contribution in [3.05, 3.63) is 82.0 Å². The Kier molecular flexibility index (Phi) is 7.20. The van der Waals surface area contributed by atoms with E-state index in [0.717, 1.165) is 5.56 Å². The normalized spacial score (nSPS) is 12.3. The number of aliphatic carboxylic acids is 1. The van der Waals surface area contributed by atoms with Gasteiger partial charge in [0.25, 0.3) is 5.91 Å². The van der Waals surface area contributed by atoms with Gasteiger partial charge in [0.1, 0.15) is 5.82 Å². The molecule has 3 aromatic rings. The van der Waals surface area contributed by atoms with Gasteiger partial charge >= 0.3 is 5.97 Å². The number of carboxylic acids is 1. The lowest BCUT2D eigenvalue weighted by molar-refractivity contribution is -0.160. The summed E-state index contributed by atoms with van der Waals surface area (Å²) in [5.41, 5.74) is 2.69. The standard InChI is InChI=1S/C26H27ClN2O4/c1-15-20(17-11-13-19(27)14-12-17)21(22(25(31)32)33-26(3,4)5)16(2)28-23(15)29-24(30)18-9-7-6-8-10-18/h6-14,22H,1-5H3,(H,31,32)(H,28,29,30). The van der Waals surface area contributed by atoms with E-state index in [9.17, 15) is 14.7 Å². The van der Waals surface area contributed by atoms with Crippen LogP contribution in [0.5, 0.6) is 0 Å². The van der Waals surface area contributed by atoms with Crippen molar-refractivity contribution in [2.75, 3.05) is 5.32 Å². The quantitative estimate of drug-likeness (QED) is 0.450. The largest absolute Gasteiger partial charge is 0.479 e. The summed E-state index contributed by atoms with van der Waals surface area (Å²) in [7, 11) is 0. The Hall–Kier alpha value is -3.22. The molecule has 1 heterocycles. The second kappa shape index (κ2) is 9.73. The van der Waals surface area contributed by atoms with Crippen molar-refractivity contribution in [1.82, 2.24) is 4.98 Å². The third kappa shape index (κ3) is 5.78. The molecule has 0 spiro atoms. The first-order chi connectivity index (χ1) is 15.5. The number of halogens is 1. The third-order valence-corrected chi connectivity index (χ3v) is 5.28. The van der Waals surface area contributed by atoms with Crippen molar-refractivity contribution in [1.29, 1.82) is 0 Å². The molecule has 1 atom stereocenters. The molecule has 2 aromatic carbocycles. The number of rotatable bonds is 6. The summed E-state index contributed by atoms with van der Waals surface area (Å²) >= 11 is 6.09. The number of pyridine rings is 1. The van der Waals surface area contributed by atoms with E-state index in [2.05, 4.69) is 10.3 Å². The Morgan fingerprint density at radius 1 is 1.03 bits per heavy atom. The van der Waals surface area contributed by atoms with E-state index in [4.69, 9.17) is 16.3 Å². The molecule has 172 valence electrons. The molecule has 0 bridgehead atoms. The molecule has 0 aliphatic rings. The number of carbonyl (C=O) groups excluding carboxylic acids is 1. The van der Waals surface area contributed by atoms with E-state index >= 15 is 0 Å². The summed E-state index contributed by atoms with van der Waals surface area (Å²) in [6, 6.07) is 15.9. The molecule has 33 heavy (non-hydrogen) atoms. The summed E-state index contributed by atoms with van der Waals surface area (Å²) in [6.45, 7) is 8.92. The van der Waals surface area contributed by atoms with Gasteiger partial charge in [-0.05, 0) is 70.0 Å². The summed E-state index contributed by atoms with van der Waals surface area (Å²) in [4.78, 5) is 29.7. The number of hydrogen-bond donors (Lipinski definition) is 2. The van der Waals surface area contributed by atoms with E-state index in [0.29, 0.717) is 38.8 Å². The van der Waals surface area contributed by atoms with Crippen molar-refractivity contribution >= 4 is 29.3 Å². The maximum absolute atomic E-state index is 12.8. The number of carbonyl (C=O) groups is 2. The minimum atomic E-state index is -1.25. The lowest BCUT2D eigenvalue weighted by atomic mass is 9.91. The first kappa shape index (κ1) is 24.4. The van der Waals surface area contributed by atoms with Gasteiger partial charge in [0, 0.05) is 27.4 Å². The summed E-state index contributed by atoms with van der Waals surface area (Å²) in [5, 5.41) is 13.5. The Balaban J connectivity index is 2.21.